The van der Waals surface area contributed by atoms with Crippen LogP contribution in [-0.4, -0.2) is 153 Å². The highest BCUT2D eigenvalue weighted by molar-refractivity contribution is 7.49. The van der Waals surface area contributed by atoms with Crippen molar-refractivity contribution in [3.8, 4) is 23.0 Å². The number of phosphoric acid groups is 4. The number of nitrogens with zero attached hydrogens (tertiary/aromatic N) is 4. The Kier molecular flexibility index (Phi) is 24.8. The highest BCUT2D eigenvalue weighted by atomic mass is 31.2. The topological polar surface area (TPSA) is 597 Å². The third-order valence-electron chi connectivity index (χ3n) is 19.2. The van der Waals surface area contributed by atoms with Crippen LogP contribution in [0.15, 0.2) is 136 Å². The second-order valence-electron chi connectivity index (χ2n) is 28.4. The summed E-state index contributed by atoms with van der Waals surface area (Å²) in [7, 11) is -17.8. The van der Waals surface area contributed by atoms with Crippen molar-refractivity contribution < 1.29 is 158 Å². The molecule has 0 radical (unpaired) electrons. The van der Waals surface area contributed by atoms with E-state index in [0.29, 0.717) is 65.6 Å². The van der Waals surface area contributed by atoms with Gasteiger partial charge in [-0.1, -0.05) is 72.8 Å². The molecule has 0 saturated carbocycles. The Labute approximate surface area is 701 Å². The number of rotatable bonds is 20. The third-order valence-corrected chi connectivity index (χ3v) is 24.1. The first kappa shape index (κ1) is 84.1. The van der Waals surface area contributed by atoms with Crippen LogP contribution in [0.1, 0.15) is 126 Å². The van der Waals surface area contributed by atoms with Crippen molar-refractivity contribution in [1.29, 1.82) is 0 Å². The lowest BCUT2D eigenvalue weighted by molar-refractivity contribution is -0.179. The highest BCUT2D eigenvalue weighted by Gasteiger charge is 2.55. The molecule has 44 nitrogen and oxygen atoms in total. The molecule has 4 aromatic carbocycles. The first-order valence-corrected chi connectivity index (χ1v) is 42.5. The van der Waals surface area contributed by atoms with Crippen molar-refractivity contribution in [2.75, 3.05) is 26.3 Å². The summed E-state index contributed by atoms with van der Waals surface area (Å²) in [6, 6.07) is 20.4. The molecule has 0 spiro atoms. The number of aryl methyl sites for hydroxylation is 4. The number of halogens is 4. The summed E-state index contributed by atoms with van der Waals surface area (Å²) in [5, 5.41) is 78.1. The van der Waals surface area contributed by atoms with Crippen LogP contribution >= 0.6 is 31.3 Å². The summed E-state index contributed by atoms with van der Waals surface area (Å²) < 4.78 is 246. The number of aromatic nitrogens is 8. The zero-order valence-electron chi connectivity index (χ0n) is 70.7. The van der Waals surface area contributed by atoms with Gasteiger partial charge in [-0.25, -0.2) is 55.0 Å². The van der Waals surface area contributed by atoms with Crippen LogP contribution in [0.4, 0.5) is 17.6 Å². The molecule has 0 bridgehead atoms. The van der Waals surface area contributed by atoms with E-state index >= 15 is 17.6 Å². The number of aliphatic hydroxyl groups excluding tert-OH is 8. The Morgan fingerprint density at radius 3 is 0.968 bits per heavy atom. The average Bonchev–Trinajstić information content (AvgIpc) is 1.56. The Morgan fingerprint density at radius 1 is 0.395 bits per heavy atom. The minimum Gasteiger partial charge on any atom is -0.403 e. The molecule has 16 rings (SSSR count). The Balaban J connectivity index is 0.000000148. The molecule has 0 amide bonds. The molecule has 12 N–H and O–H groups in total. The van der Waals surface area contributed by atoms with Gasteiger partial charge in [0, 0.05) is 72.7 Å². The maximum atomic E-state index is 15.7. The molecular weight excluding hydrogens is 1750 g/mol. The number of nitrogens with one attached hydrogen (secondary N) is 4. The maximum absolute atomic E-state index is 15.7. The van der Waals surface area contributed by atoms with Crippen LogP contribution in [0.3, 0.4) is 0 Å². The fraction of sp³-hybridized carbons (Fsp3) is 0.444. The molecule has 4 saturated heterocycles. The van der Waals surface area contributed by atoms with Gasteiger partial charge in [0.1, 0.15) is 73.7 Å². The van der Waals surface area contributed by atoms with Gasteiger partial charge in [0.25, 0.3) is 22.2 Å². The summed E-state index contributed by atoms with van der Waals surface area (Å²) in [4.78, 5) is 103. The molecule has 8 aromatic rings. The summed E-state index contributed by atoms with van der Waals surface area (Å²) in [5.41, 5.74) is -4.46. The molecule has 672 valence electrons. The minimum atomic E-state index is -4.74. The number of fused-ring (bicyclic) bond motifs is 4. The quantitative estimate of drug-likeness (QED) is 0.0378. The lowest BCUT2D eigenvalue weighted by Gasteiger charge is -2.28. The number of aliphatic hydroxyl groups is 8. The molecule has 16 atom stereocenters. The van der Waals surface area contributed by atoms with Crippen molar-refractivity contribution in [3.63, 3.8) is 0 Å². The number of hydrogen-bond donors (Lipinski definition) is 12. The Bertz CT molecular complexity index is 6460. The predicted molar refractivity (Wildman–Crippen MR) is 408 cm³/mol. The van der Waals surface area contributed by atoms with Gasteiger partial charge < -0.3 is 77.9 Å². The van der Waals surface area contributed by atoms with Crippen molar-refractivity contribution in [1.82, 2.24) is 38.2 Å². The van der Waals surface area contributed by atoms with E-state index in [1.807, 2.05) is 15.0 Å². The second-order valence-corrected chi connectivity index (χ2v) is 34.6. The van der Waals surface area contributed by atoms with Gasteiger partial charge in [-0.15, -0.1) is 0 Å². The van der Waals surface area contributed by atoms with Crippen molar-refractivity contribution in [2.45, 2.75) is 179 Å². The smallest absolute Gasteiger partial charge is 0.403 e. The number of H-pyrrole nitrogens is 4. The Morgan fingerprint density at radius 2 is 0.645 bits per heavy atom. The molecule has 8 aliphatic rings. The van der Waals surface area contributed by atoms with E-state index in [-0.39, 0.29) is 64.9 Å². The fourth-order valence-corrected chi connectivity index (χ4v) is 17.9. The Hall–Kier alpha value is -9.36. The molecule has 0 aliphatic carbocycles. The predicted octanol–water partition coefficient (Wildman–Crippen LogP) is 4.07. The first-order valence-electron chi connectivity index (χ1n) is 39.6. The molecule has 124 heavy (non-hydrogen) atoms. The van der Waals surface area contributed by atoms with Gasteiger partial charge >= 0.3 is 54.0 Å². The summed E-state index contributed by atoms with van der Waals surface area (Å²) in [5.74, 6) is -11.6. The van der Waals surface area contributed by atoms with Gasteiger partial charge in [0.15, 0.2) is 24.9 Å². The lowest BCUT2D eigenvalue weighted by atomic mass is 10.1. The number of phosphoric ester groups is 4. The van der Waals surface area contributed by atoms with E-state index in [9.17, 15) is 97.5 Å². The summed E-state index contributed by atoms with van der Waals surface area (Å²) in [6.07, 6.45) is -16.7. The number of para-hydroxylation sites is 4. The van der Waals surface area contributed by atoms with Crippen molar-refractivity contribution in [3.05, 3.63) is 248 Å². The monoisotopic (exact) mass is 1840 g/mol. The zero-order chi connectivity index (χ0) is 95.0. The van der Waals surface area contributed by atoms with Crippen LogP contribution in [0.5, 0.6) is 23.0 Å². The van der Waals surface area contributed by atoms with Crippen molar-refractivity contribution in [2.24, 2.45) is 0 Å². The normalized spacial score (nSPS) is 32.2. The number of hydrogen-bond acceptors (Lipinski definition) is 36. The van der Waals surface area contributed by atoms with Crippen molar-refractivity contribution >= 4 is 31.3 Å². The van der Waals surface area contributed by atoms with Crippen LogP contribution in [0, 0.1) is 27.7 Å². The molecule has 4 unspecified atom stereocenters. The molecule has 52 heteroatoms. The van der Waals surface area contributed by atoms with Crippen LogP contribution in [0.25, 0.3) is 0 Å². The van der Waals surface area contributed by atoms with Gasteiger partial charge in [-0.3, -0.25) is 93.6 Å². The van der Waals surface area contributed by atoms with Crippen LogP contribution in [-0.2, 0) is 126 Å². The van der Waals surface area contributed by atoms with Gasteiger partial charge in [-0.2, -0.15) is 0 Å². The number of alkyl halides is 4. The average molecular weight is 1840 g/mol. The van der Waals surface area contributed by atoms with E-state index in [2.05, 4.69) is 0 Å². The standard InChI is InChI=1S/4C18H20FN2O9P/c4*1-10-3-2-4-11-8-27-31(26,30-14(10)11)28-9-18(19)5-13(23)16(29-18)21-6-12(7-22)15(24)20-17(21)25/h4*2-4,6,13,16,22-23H,5,7-9H2,1H3,(H,20,24,25)/t4*13-,16-,18+,31?/m1111/s1/i9D2,16D;16D;9D2;. The van der Waals surface area contributed by atoms with Gasteiger partial charge in [0.2, 0.25) is 23.4 Å². The van der Waals surface area contributed by atoms with E-state index in [1.54, 1.807) is 105 Å². The van der Waals surface area contributed by atoms with E-state index in [0.717, 1.165) is 23.2 Å². The van der Waals surface area contributed by atoms with Crippen LogP contribution in [0.2, 0.25) is 0 Å². The lowest BCUT2D eigenvalue weighted by Crippen LogP contribution is -2.37. The highest BCUT2D eigenvalue weighted by Crippen LogP contribution is 2.61. The van der Waals surface area contributed by atoms with Crippen LogP contribution < -0.4 is 63.1 Å². The molecule has 4 aromatic heterocycles. The molecule has 12 heterocycles. The summed E-state index contributed by atoms with van der Waals surface area (Å²) >= 11 is 0. The third kappa shape index (κ3) is 20.4. The molecule has 4 fully saturated rings. The maximum Gasteiger partial charge on any atom is 0.530 e. The van der Waals surface area contributed by atoms with E-state index in [4.69, 9.17) is 81.5 Å². The zero-order valence-corrected chi connectivity index (χ0v) is 68.3. The van der Waals surface area contributed by atoms with Gasteiger partial charge in [-0.05, 0) is 49.9 Å². The number of aromatic amines is 4. The largest absolute Gasteiger partial charge is 0.530 e. The second kappa shape index (κ2) is 36.5. The minimum absolute atomic E-state index is 0.0591. The number of ether oxygens (including phenoxy) is 4. The SMILES string of the molecule is Cc1cccc2c1OP(=O)(OC[C@]1(F)C[C@@H](O)[C@H](n3cc(CO)c(=O)[nH]c3=O)O1)OC2.[2H]C([2H])(OP1(=O)OCc2cccc(C)c2O1)[C@]1(F)C[C@@H](O)[C@H](n2cc(CO)c(=O)[nH]c2=O)O1.[2H]C([2H])(OP1(=O)OCc2cccc(C)c2O1)[C@]1(F)C[C@@H](O)[C@]([2H])(n2cc(CO)c(=O)[nH]c2=O)O1.[2H][C@@]1(n2cc(CO)c(=O)[nH]c2=O)O[C@](F)(COP2(=O)OCc3cccc(C)c3O2)C[C@H]1O. The summed E-state index contributed by atoms with van der Waals surface area (Å²) in [6.45, 7) is -6.05. The van der Waals surface area contributed by atoms with Gasteiger partial charge in [0.05, 0.1) is 83.3 Å². The number of benzene rings is 4. The van der Waals surface area contributed by atoms with E-state index < -0.39 is 233 Å². The first-order chi connectivity index (χ1) is 60.7. The van der Waals surface area contributed by atoms with E-state index in [1.165, 1.54) is 0 Å². The fourth-order valence-electron chi connectivity index (χ4n) is 13.0. The molecule has 8 aliphatic heterocycles. The molecular formula is C72H80F4N8O36P4.